The zero-order chi connectivity index (χ0) is 10.4. The predicted octanol–water partition coefficient (Wildman–Crippen LogP) is 1.70. The third kappa shape index (κ3) is 4.35. The SMILES string of the molecule is NCc1cccnc1.O=C(Cl)C1CC1. The maximum atomic E-state index is 9.97. The molecule has 0 saturated heterocycles. The lowest BCUT2D eigenvalue weighted by Gasteiger charge is -1.89. The molecule has 0 aromatic carbocycles. The summed E-state index contributed by atoms with van der Waals surface area (Å²) in [5.41, 5.74) is 6.39. The van der Waals surface area contributed by atoms with Crippen LogP contribution in [-0.4, -0.2) is 10.2 Å². The van der Waals surface area contributed by atoms with Gasteiger partial charge in [-0.15, -0.1) is 0 Å². The second kappa shape index (κ2) is 5.73. The number of pyridine rings is 1. The Bertz CT molecular complexity index is 285. The summed E-state index contributed by atoms with van der Waals surface area (Å²) < 4.78 is 0. The number of carbonyl (C=O) groups excluding carboxylic acids is 1. The standard InChI is InChI=1S/C6H8N2.C4H5ClO/c7-4-6-2-1-3-8-5-6;5-4(6)3-1-2-3/h1-3,5H,4,7H2;3H,1-2H2. The molecule has 2 rings (SSSR count). The van der Waals surface area contributed by atoms with Crippen molar-refractivity contribution in [3.05, 3.63) is 30.1 Å². The average molecular weight is 213 g/mol. The second-order valence-electron chi connectivity index (χ2n) is 3.14. The van der Waals surface area contributed by atoms with E-state index in [0.29, 0.717) is 6.54 Å². The van der Waals surface area contributed by atoms with Gasteiger partial charge in [-0.05, 0) is 36.1 Å². The minimum absolute atomic E-state index is 0.157. The van der Waals surface area contributed by atoms with Gasteiger partial charge in [-0.2, -0.15) is 0 Å². The normalized spacial score (nSPS) is 14.1. The fraction of sp³-hybridized carbons (Fsp3) is 0.400. The Morgan fingerprint density at radius 3 is 2.57 bits per heavy atom. The van der Waals surface area contributed by atoms with Gasteiger partial charge in [0, 0.05) is 24.9 Å². The molecule has 0 spiro atoms. The van der Waals surface area contributed by atoms with E-state index in [1.54, 1.807) is 12.4 Å². The van der Waals surface area contributed by atoms with Gasteiger partial charge >= 0.3 is 0 Å². The quantitative estimate of drug-likeness (QED) is 0.760. The second-order valence-corrected chi connectivity index (χ2v) is 3.52. The number of carbonyl (C=O) groups is 1. The molecule has 4 heteroatoms. The summed E-state index contributed by atoms with van der Waals surface area (Å²) in [6.07, 6.45) is 5.53. The first-order valence-corrected chi connectivity index (χ1v) is 4.90. The van der Waals surface area contributed by atoms with E-state index in [9.17, 15) is 4.79 Å². The molecule has 0 amide bonds. The highest BCUT2D eigenvalue weighted by Gasteiger charge is 2.27. The number of hydrogen-bond donors (Lipinski definition) is 1. The molecule has 1 aromatic rings. The van der Waals surface area contributed by atoms with Crippen LogP contribution in [0.3, 0.4) is 0 Å². The zero-order valence-electron chi connectivity index (χ0n) is 7.82. The molecular weight excluding hydrogens is 200 g/mol. The Balaban J connectivity index is 0.000000146. The van der Waals surface area contributed by atoms with Crippen LogP contribution in [0.2, 0.25) is 0 Å². The van der Waals surface area contributed by atoms with Crippen LogP contribution < -0.4 is 5.73 Å². The molecule has 0 bridgehead atoms. The van der Waals surface area contributed by atoms with Crippen LogP contribution >= 0.6 is 11.6 Å². The van der Waals surface area contributed by atoms with Gasteiger partial charge < -0.3 is 5.73 Å². The lowest BCUT2D eigenvalue weighted by atomic mass is 10.3. The van der Waals surface area contributed by atoms with Crippen LogP contribution in [0.5, 0.6) is 0 Å². The summed E-state index contributed by atoms with van der Waals surface area (Å²) in [6, 6.07) is 3.83. The number of nitrogens with zero attached hydrogens (tertiary/aromatic N) is 1. The maximum Gasteiger partial charge on any atom is 0.224 e. The first kappa shape index (κ1) is 11.1. The van der Waals surface area contributed by atoms with Gasteiger partial charge in [0.25, 0.3) is 0 Å². The Kier molecular flexibility index (Phi) is 4.56. The number of hydrogen-bond acceptors (Lipinski definition) is 3. The van der Waals surface area contributed by atoms with Crippen LogP contribution in [0.25, 0.3) is 0 Å². The van der Waals surface area contributed by atoms with Crippen molar-refractivity contribution in [2.75, 3.05) is 0 Å². The van der Waals surface area contributed by atoms with E-state index in [4.69, 9.17) is 17.3 Å². The van der Waals surface area contributed by atoms with Crippen molar-refractivity contribution < 1.29 is 4.79 Å². The van der Waals surface area contributed by atoms with Gasteiger partial charge in [-0.25, -0.2) is 0 Å². The Hall–Kier alpha value is -0.930. The maximum absolute atomic E-state index is 9.97. The van der Waals surface area contributed by atoms with E-state index in [-0.39, 0.29) is 11.2 Å². The van der Waals surface area contributed by atoms with Crippen molar-refractivity contribution in [3.8, 4) is 0 Å². The monoisotopic (exact) mass is 212 g/mol. The third-order valence-corrected chi connectivity index (χ3v) is 2.17. The smallest absolute Gasteiger partial charge is 0.224 e. The van der Waals surface area contributed by atoms with Gasteiger partial charge in [0.1, 0.15) is 0 Å². The van der Waals surface area contributed by atoms with Crippen molar-refractivity contribution in [3.63, 3.8) is 0 Å². The number of nitrogens with two attached hydrogens (primary N) is 1. The van der Waals surface area contributed by atoms with Crippen molar-refractivity contribution in [2.24, 2.45) is 11.7 Å². The summed E-state index contributed by atoms with van der Waals surface area (Å²) in [4.78, 5) is 13.8. The largest absolute Gasteiger partial charge is 0.326 e. The fourth-order valence-electron chi connectivity index (χ4n) is 0.829. The van der Waals surface area contributed by atoms with Gasteiger partial charge in [-0.1, -0.05) is 6.07 Å². The number of rotatable bonds is 2. The molecule has 1 fully saturated rings. The van der Waals surface area contributed by atoms with Gasteiger partial charge in [0.15, 0.2) is 0 Å². The van der Waals surface area contributed by atoms with E-state index in [1.807, 2.05) is 12.1 Å². The van der Waals surface area contributed by atoms with Crippen molar-refractivity contribution in [1.82, 2.24) is 4.98 Å². The van der Waals surface area contributed by atoms with Crippen molar-refractivity contribution in [1.29, 1.82) is 0 Å². The molecule has 1 aliphatic rings. The third-order valence-electron chi connectivity index (χ3n) is 1.86. The summed E-state index contributed by atoms with van der Waals surface area (Å²) in [5, 5.41) is -0.157. The molecule has 0 radical (unpaired) electrons. The number of halogens is 1. The molecule has 14 heavy (non-hydrogen) atoms. The summed E-state index contributed by atoms with van der Waals surface area (Å²) >= 11 is 5.04. The molecule has 1 saturated carbocycles. The molecular formula is C10H13ClN2O. The van der Waals surface area contributed by atoms with Crippen molar-refractivity contribution >= 4 is 16.8 Å². The fourth-order valence-corrected chi connectivity index (χ4v) is 1.05. The van der Waals surface area contributed by atoms with Crippen LogP contribution in [0, 0.1) is 5.92 Å². The van der Waals surface area contributed by atoms with Crippen LogP contribution in [0.15, 0.2) is 24.5 Å². The Labute approximate surface area is 88.3 Å². The van der Waals surface area contributed by atoms with Gasteiger partial charge in [0.2, 0.25) is 5.24 Å². The van der Waals surface area contributed by atoms with Crippen LogP contribution in [0.1, 0.15) is 18.4 Å². The Morgan fingerprint density at radius 2 is 2.36 bits per heavy atom. The van der Waals surface area contributed by atoms with E-state index < -0.39 is 0 Å². The molecule has 1 heterocycles. The average Bonchev–Trinajstić information content (AvgIpc) is 3.03. The minimum Gasteiger partial charge on any atom is -0.326 e. The first-order chi connectivity index (χ1) is 6.74. The van der Waals surface area contributed by atoms with Gasteiger partial charge in [-0.3, -0.25) is 9.78 Å². The highest BCUT2D eigenvalue weighted by molar-refractivity contribution is 6.64. The zero-order valence-corrected chi connectivity index (χ0v) is 8.57. The highest BCUT2D eigenvalue weighted by Crippen LogP contribution is 2.30. The lowest BCUT2D eigenvalue weighted by Crippen LogP contribution is -1.95. The molecule has 0 aliphatic heterocycles. The van der Waals surface area contributed by atoms with Crippen LogP contribution in [0.4, 0.5) is 0 Å². The summed E-state index contributed by atoms with van der Waals surface area (Å²) in [5.74, 6) is 0.228. The molecule has 3 nitrogen and oxygen atoms in total. The topological polar surface area (TPSA) is 56.0 Å². The molecule has 76 valence electrons. The molecule has 0 unspecified atom stereocenters. The molecule has 0 atom stereocenters. The van der Waals surface area contributed by atoms with Crippen molar-refractivity contribution in [2.45, 2.75) is 19.4 Å². The lowest BCUT2D eigenvalue weighted by molar-refractivity contribution is -0.112. The van der Waals surface area contributed by atoms with E-state index in [0.717, 1.165) is 18.4 Å². The molecule has 1 aliphatic carbocycles. The van der Waals surface area contributed by atoms with Gasteiger partial charge in [0.05, 0.1) is 0 Å². The highest BCUT2D eigenvalue weighted by atomic mass is 35.5. The van der Waals surface area contributed by atoms with E-state index in [2.05, 4.69) is 4.98 Å². The predicted molar refractivity (Wildman–Crippen MR) is 55.7 cm³/mol. The summed E-state index contributed by atoms with van der Waals surface area (Å²) in [6.45, 7) is 0.577. The first-order valence-electron chi connectivity index (χ1n) is 4.52. The van der Waals surface area contributed by atoms with E-state index in [1.165, 1.54) is 0 Å². The Morgan fingerprint density at radius 1 is 1.64 bits per heavy atom. The van der Waals surface area contributed by atoms with Crippen LogP contribution in [-0.2, 0) is 11.3 Å². The van der Waals surface area contributed by atoms with E-state index >= 15 is 0 Å². The number of aromatic nitrogens is 1. The summed E-state index contributed by atoms with van der Waals surface area (Å²) in [7, 11) is 0. The minimum atomic E-state index is -0.157. The molecule has 2 N–H and O–H groups in total. The molecule has 1 aromatic heterocycles.